The number of nitrogens with zero attached hydrogens (tertiary/aromatic N) is 2. The van der Waals surface area contributed by atoms with Crippen molar-refractivity contribution in [3.05, 3.63) is 45.8 Å². The number of nitrogens with one attached hydrogen (secondary N) is 1. The van der Waals surface area contributed by atoms with Gasteiger partial charge in [-0.25, -0.2) is 9.59 Å². The van der Waals surface area contributed by atoms with E-state index in [0.29, 0.717) is 23.7 Å². The van der Waals surface area contributed by atoms with E-state index in [0.717, 1.165) is 15.3 Å². The van der Waals surface area contributed by atoms with Crippen LogP contribution in [0.25, 0.3) is 0 Å². The summed E-state index contributed by atoms with van der Waals surface area (Å²) in [5.41, 5.74) is 1.72. The van der Waals surface area contributed by atoms with Gasteiger partial charge in [-0.3, -0.25) is 19.3 Å². The molecule has 1 fully saturated rings. The molecule has 0 saturated carbocycles. The topological polar surface area (TPSA) is 122 Å². The molecule has 178 valence electrons. The van der Waals surface area contributed by atoms with E-state index in [1.165, 1.54) is 42.7 Å². The lowest BCUT2D eigenvalue weighted by molar-refractivity contribution is -0.121. The summed E-state index contributed by atoms with van der Waals surface area (Å²) in [5, 5.41) is 3.11. The van der Waals surface area contributed by atoms with Crippen LogP contribution in [0.3, 0.4) is 0 Å². The molecule has 2 aliphatic rings. The molecule has 1 aromatic heterocycles. The number of fused-ring (bicyclic) bond motifs is 1. The Morgan fingerprint density at radius 3 is 2.35 bits per heavy atom. The molecule has 2 aliphatic heterocycles. The molecule has 3 heterocycles. The third-order valence-corrected chi connectivity index (χ3v) is 6.77. The van der Waals surface area contributed by atoms with Crippen LogP contribution in [0, 0.1) is 0 Å². The van der Waals surface area contributed by atoms with Gasteiger partial charge in [0, 0.05) is 29.8 Å². The van der Waals surface area contributed by atoms with Crippen molar-refractivity contribution >= 4 is 51.8 Å². The number of amides is 4. The first-order valence-electron chi connectivity index (χ1n) is 10.8. The smallest absolute Gasteiger partial charge is 0.410 e. The Balaban J connectivity index is 1.56. The number of hydrogen-bond acceptors (Lipinski definition) is 8. The molecule has 1 aromatic carbocycles. The second-order valence-electron chi connectivity index (χ2n) is 7.69. The summed E-state index contributed by atoms with van der Waals surface area (Å²) in [6, 6.07) is 6.09. The number of esters is 1. The number of hydrogen-bond donors (Lipinski definition) is 1. The van der Waals surface area contributed by atoms with Crippen molar-refractivity contribution in [1.82, 2.24) is 4.90 Å². The van der Waals surface area contributed by atoms with Gasteiger partial charge in [-0.15, -0.1) is 11.3 Å². The van der Waals surface area contributed by atoms with E-state index in [1.54, 1.807) is 11.8 Å². The normalized spacial score (nSPS) is 15.2. The van der Waals surface area contributed by atoms with E-state index >= 15 is 0 Å². The van der Waals surface area contributed by atoms with E-state index in [-0.39, 0.29) is 48.9 Å². The van der Waals surface area contributed by atoms with Crippen LogP contribution in [0.4, 0.5) is 15.5 Å². The molecule has 2 aromatic rings. The maximum atomic E-state index is 12.9. The van der Waals surface area contributed by atoms with Crippen molar-refractivity contribution in [3.8, 4) is 0 Å². The Morgan fingerprint density at radius 2 is 1.74 bits per heavy atom. The summed E-state index contributed by atoms with van der Waals surface area (Å²) in [4.78, 5) is 64.8. The minimum absolute atomic E-state index is 0.175. The molecule has 4 rings (SSSR count). The van der Waals surface area contributed by atoms with Crippen molar-refractivity contribution in [2.75, 3.05) is 30.5 Å². The van der Waals surface area contributed by atoms with Crippen LogP contribution in [-0.2, 0) is 32.0 Å². The summed E-state index contributed by atoms with van der Waals surface area (Å²) in [6.07, 6.45) is 0.348. The Labute approximate surface area is 199 Å². The van der Waals surface area contributed by atoms with Crippen LogP contribution >= 0.6 is 11.3 Å². The second kappa shape index (κ2) is 9.64. The standard InChI is InChI=1S/C23H23N3O7S/c1-3-33-23(31)25-11-10-15-16(12-25)34-21(19(15)22(30)32-2)24-20(29)13-4-6-14(7-5-13)26-17(27)8-9-18(26)28/h4-7H,3,8-12H2,1-2H3,(H,24,29). The molecule has 0 unspecified atom stereocenters. The fourth-order valence-electron chi connectivity index (χ4n) is 3.98. The van der Waals surface area contributed by atoms with Crippen LogP contribution < -0.4 is 10.2 Å². The lowest BCUT2D eigenvalue weighted by Crippen LogP contribution is -2.36. The third-order valence-electron chi connectivity index (χ3n) is 5.64. The largest absolute Gasteiger partial charge is 0.465 e. The number of thiophene rings is 1. The first-order valence-corrected chi connectivity index (χ1v) is 11.6. The lowest BCUT2D eigenvalue weighted by Gasteiger charge is -2.26. The van der Waals surface area contributed by atoms with Crippen molar-refractivity contribution < 1.29 is 33.4 Å². The minimum Gasteiger partial charge on any atom is -0.465 e. The van der Waals surface area contributed by atoms with Gasteiger partial charge >= 0.3 is 12.1 Å². The number of benzene rings is 1. The summed E-state index contributed by atoms with van der Waals surface area (Å²) in [5.74, 6) is -1.58. The maximum Gasteiger partial charge on any atom is 0.410 e. The number of ether oxygens (including phenoxy) is 2. The number of carbonyl (C=O) groups excluding carboxylic acids is 5. The van der Waals surface area contributed by atoms with Gasteiger partial charge in [0.2, 0.25) is 11.8 Å². The van der Waals surface area contributed by atoms with Gasteiger partial charge in [-0.1, -0.05) is 0 Å². The van der Waals surface area contributed by atoms with E-state index in [2.05, 4.69) is 5.32 Å². The molecule has 0 spiro atoms. The molecule has 0 atom stereocenters. The minimum atomic E-state index is -0.571. The van der Waals surface area contributed by atoms with E-state index in [9.17, 15) is 24.0 Å². The van der Waals surface area contributed by atoms with Gasteiger partial charge in [0.05, 0.1) is 31.5 Å². The zero-order valence-electron chi connectivity index (χ0n) is 18.7. The van der Waals surface area contributed by atoms with Gasteiger partial charge < -0.3 is 19.7 Å². The number of anilines is 2. The molecule has 11 heteroatoms. The molecule has 10 nitrogen and oxygen atoms in total. The monoisotopic (exact) mass is 485 g/mol. The van der Waals surface area contributed by atoms with Gasteiger partial charge in [-0.2, -0.15) is 0 Å². The molecule has 0 bridgehead atoms. The Morgan fingerprint density at radius 1 is 1.06 bits per heavy atom. The fourth-order valence-corrected chi connectivity index (χ4v) is 5.23. The average Bonchev–Trinajstić information content (AvgIpc) is 3.36. The molecular formula is C23H23N3O7S. The number of imide groups is 1. The van der Waals surface area contributed by atoms with Crippen LogP contribution in [0.2, 0.25) is 0 Å². The van der Waals surface area contributed by atoms with Gasteiger partial charge in [0.25, 0.3) is 5.91 Å². The highest BCUT2D eigenvalue weighted by atomic mass is 32.1. The Bertz CT molecular complexity index is 1160. The highest BCUT2D eigenvalue weighted by Crippen LogP contribution is 2.38. The van der Waals surface area contributed by atoms with Crippen molar-refractivity contribution in [2.45, 2.75) is 32.7 Å². The van der Waals surface area contributed by atoms with Crippen LogP contribution in [0.1, 0.15) is 50.9 Å². The summed E-state index contributed by atoms with van der Waals surface area (Å²) >= 11 is 1.21. The third kappa shape index (κ3) is 4.38. The molecular weight excluding hydrogens is 462 g/mol. The van der Waals surface area contributed by atoms with E-state index < -0.39 is 18.0 Å². The van der Waals surface area contributed by atoms with Gasteiger partial charge in [0.15, 0.2) is 0 Å². The molecule has 1 N–H and O–H groups in total. The average molecular weight is 486 g/mol. The van der Waals surface area contributed by atoms with Crippen LogP contribution in [-0.4, -0.2) is 54.9 Å². The predicted octanol–water partition coefficient (Wildman–Crippen LogP) is 2.96. The highest BCUT2D eigenvalue weighted by molar-refractivity contribution is 7.17. The Hall–Kier alpha value is -3.73. The summed E-state index contributed by atoms with van der Waals surface area (Å²) < 4.78 is 10.0. The van der Waals surface area contributed by atoms with E-state index in [1.807, 2.05) is 0 Å². The van der Waals surface area contributed by atoms with Crippen LogP contribution in [0.15, 0.2) is 24.3 Å². The highest BCUT2D eigenvalue weighted by Gasteiger charge is 2.32. The van der Waals surface area contributed by atoms with Crippen molar-refractivity contribution in [1.29, 1.82) is 0 Å². The predicted molar refractivity (Wildman–Crippen MR) is 123 cm³/mol. The SMILES string of the molecule is CCOC(=O)N1CCc2c(sc(NC(=O)c3ccc(N4C(=O)CCC4=O)cc3)c2C(=O)OC)C1. The Kier molecular flexibility index (Phi) is 6.64. The maximum absolute atomic E-state index is 12.9. The van der Waals surface area contributed by atoms with Crippen molar-refractivity contribution in [2.24, 2.45) is 0 Å². The second-order valence-corrected chi connectivity index (χ2v) is 8.80. The fraction of sp³-hybridized carbons (Fsp3) is 0.348. The zero-order chi connectivity index (χ0) is 24.4. The first kappa shape index (κ1) is 23.4. The lowest BCUT2D eigenvalue weighted by atomic mass is 10.0. The number of methoxy groups -OCH3 is 1. The van der Waals surface area contributed by atoms with Crippen LogP contribution in [0.5, 0.6) is 0 Å². The number of carbonyl (C=O) groups is 5. The van der Waals surface area contributed by atoms with Gasteiger partial charge in [0.1, 0.15) is 5.00 Å². The molecule has 34 heavy (non-hydrogen) atoms. The van der Waals surface area contributed by atoms with Gasteiger partial charge in [-0.05, 0) is 43.2 Å². The molecule has 0 radical (unpaired) electrons. The number of rotatable bonds is 5. The summed E-state index contributed by atoms with van der Waals surface area (Å²) in [7, 11) is 1.27. The molecule has 1 saturated heterocycles. The van der Waals surface area contributed by atoms with Crippen molar-refractivity contribution in [3.63, 3.8) is 0 Å². The summed E-state index contributed by atoms with van der Waals surface area (Å²) in [6.45, 7) is 2.65. The molecule has 0 aliphatic carbocycles. The first-order chi connectivity index (χ1) is 16.3. The van der Waals surface area contributed by atoms with E-state index in [4.69, 9.17) is 9.47 Å². The molecule has 4 amide bonds. The quantitative estimate of drug-likeness (QED) is 0.510. The zero-order valence-corrected chi connectivity index (χ0v) is 19.5.